The first-order valence-electron chi connectivity index (χ1n) is 7.43. The summed E-state index contributed by atoms with van der Waals surface area (Å²) < 4.78 is 32.9. The second kappa shape index (κ2) is 7.14. The molecule has 2 rings (SSSR count). The molecule has 20 heavy (non-hydrogen) atoms. The van der Waals surface area contributed by atoms with Gasteiger partial charge >= 0.3 is 0 Å². The molecule has 1 heterocycles. The maximum Gasteiger partial charge on any atom is 0.126 e. The number of rotatable bonds is 6. The summed E-state index contributed by atoms with van der Waals surface area (Å²) in [6.45, 7) is 5.00. The van der Waals surface area contributed by atoms with Gasteiger partial charge in [-0.05, 0) is 62.9 Å². The molecular formula is C16H23F2NO. The van der Waals surface area contributed by atoms with E-state index in [2.05, 4.69) is 19.2 Å². The van der Waals surface area contributed by atoms with Crippen molar-refractivity contribution in [2.24, 2.45) is 0 Å². The number of nitrogens with one attached hydrogen (secondary N) is 1. The van der Waals surface area contributed by atoms with Crippen molar-refractivity contribution in [1.82, 2.24) is 5.32 Å². The molecule has 0 saturated carbocycles. The van der Waals surface area contributed by atoms with E-state index in [1.54, 1.807) is 0 Å². The Hall–Kier alpha value is -1.00. The molecule has 1 N–H and O–H groups in total. The minimum absolute atomic E-state index is 0.0381. The van der Waals surface area contributed by atoms with E-state index in [-0.39, 0.29) is 24.1 Å². The molecule has 1 aliphatic rings. The molecule has 4 heteroatoms. The van der Waals surface area contributed by atoms with E-state index < -0.39 is 5.82 Å². The molecule has 0 aliphatic carbocycles. The van der Waals surface area contributed by atoms with Crippen molar-refractivity contribution in [2.45, 2.75) is 57.8 Å². The van der Waals surface area contributed by atoms with Gasteiger partial charge in [-0.25, -0.2) is 8.78 Å². The first-order valence-corrected chi connectivity index (χ1v) is 7.43. The molecule has 1 aromatic carbocycles. The van der Waals surface area contributed by atoms with Gasteiger partial charge in [0.2, 0.25) is 0 Å². The first kappa shape index (κ1) is 15.4. The predicted molar refractivity (Wildman–Crippen MR) is 75.7 cm³/mol. The number of ether oxygens (including phenoxy) is 1. The van der Waals surface area contributed by atoms with Gasteiger partial charge in [-0.2, -0.15) is 0 Å². The molecule has 112 valence electrons. The molecule has 0 spiro atoms. The topological polar surface area (TPSA) is 21.3 Å². The van der Waals surface area contributed by atoms with Gasteiger partial charge < -0.3 is 10.1 Å². The Bertz CT molecular complexity index is 438. The van der Waals surface area contributed by atoms with E-state index >= 15 is 0 Å². The molecule has 1 fully saturated rings. The van der Waals surface area contributed by atoms with Crippen LogP contribution in [0.5, 0.6) is 0 Å². The van der Waals surface area contributed by atoms with Crippen LogP contribution < -0.4 is 5.32 Å². The zero-order valence-corrected chi connectivity index (χ0v) is 12.2. The lowest BCUT2D eigenvalue weighted by Gasteiger charge is -2.25. The Morgan fingerprint density at radius 2 is 2.15 bits per heavy atom. The van der Waals surface area contributed by atoms with Crippen molar-refractivity contribution in [2.75, 3.05) is 6.54 Å². The average molecular weight is 283 g/mol. The maximum absolute atomic E-state index is 13.8. The second-order valence-corrected chi connectivity index (χ2v) is 5.56. The average Bonchev–Trinajstić information content (AvgIpc) is 2.85. The van der Waals surface area contributed by atoms with Crippen LogP contribution >= 0.6 is 0 Å². The Morgan fingerprint density at radius 1 is 1.35 bits per heavy atom. The van der Waals surface area contributed by atoms with Crippen molar-refractivity contribution in [1.29, 1.82) is 0 Å². The Morgan fingerprint density at radius 3 is 2.80 bits per heavy atom. The minimum atomic E-state index is -0.392. The molecule has 1 aliphatic heterocycles. The van der Waals surface area contributed by atoms with Gasteiger partial charge in [-0.3, -0.25) is 0 Å². The van der Waals surface area contributed by atoms with Crippen LogP contribution in [0.4, 0.5) is 8.78 Å². The highest BCUT2D eigenvalue weighted by Gasteiger charge is 2.29. The summed E-state index contributed by atoms with van der Waals surface area (Å²) in [5.41, 5.74) is 0.418. The zero-order chi connectivity index (χ0) is 14.5. The summed E-state index contributed by atoms with van der Waals surface area (Å²) in [5.74, 6) is -0.739. The summed E-state index contributed by atoms with van der Waals surface area (Å²) in [4.78, 5) is 0. The van der Waals surface area contributed by atoms with E-state index in [9.17, 15) is 8.78 Å². The smallest absolute Gasteiger partial charge is 0.126 e. The van der Waals surface area contributed by atoms with Crippen molar-refractivity contribution in [3.05, 3.63) is 35.4 Å². The molecule has 0 aromatic heterocycles. The second-order valence-electron chi connectivity index (χ2n) is 5.56. The van der Waals surface area contributed by atoms with Crippen molar-refractivity contribution in [3.63, 3.8) is 0 Å². The standard InChI is InChI=1S/C16H23F2NO/c1-3-8-19-15(16-7-4-11(2)20-16)10-12-9-13(17)5-6-14(12)18/h5-6,9,11,15-16,19H,3-4,7-8,10H2,1-2H3. The van der Waals surface area contributed by atoms with Crippen molar-refractivity contribution >= 4 is 0 Å². The lowest BCUT2D eigenvalue weighted by Crippen LogP contribution is -2.42. The van der Waals surface area contributed by atoms with Gasteiger partial charge in [0.05, 0.1) is 12.2 Å². The fraction of sp³-hybridized carbons (Fsp3) is 0.625. The summed E-state index contributed by atoms with van der Waals surface area (Å²) in [7, 11) is 0. The number of benzene rings is 1. The van der Waals surface area contributed by atoms with Gasteiger partial charge in [0.25, 0.3) is 0 Å². The van der Waals surface area contributed by atoms with Crippen LogP contribution in [0, 0.1) is 11.6 Å². The Kier molecular flexibility index (Phi) is 5.49. The van der Waals surface area contributed by atoms with E-state index in [0.717, 1.165) is 31.9 Å². The van der Waals surface area contributed by atoms with E-state index in [1.165, 1.54) is 12.1 Å². The maximum atomic E-state index is 13.8. The van der Waals surface area contributed by atoms with E-state index in [4.69, 9.17) is 4.74 Å². The molecule has 0 amide bonds. The van der Waals surface area contributed by atoms with Gasteiger partial charge in [-0.15, -0.1) is 0 Å². The van der Waals surface area contributed by atoms with Crippen LogP contribution in [0.3, 0.4) is 0 Å². The van der Waals surface area contributed by atoms with Crippen LogP contribution in [0.25, 0.3) is 0 Å². The fourth-order valence-corrected chi connectivity index (χ4v) is 2.73. The largest absolute Gasteiger partial charge is 0.374 e. The molecule has 3 unspecified atom stereocenters. The zero-order valence-electron chi connectivity index (χ0n) is 12.2. The lowest BCUT2D eigenvalue weighted by atomic mass is 9.98. The Labute approximate surface area is 119 Å². The predicted octanol–water partition coefficient (Wildman–Crippen LogP) is 3.44. The molecule has 1 aromatic rings. The van der Waals surface area contributed by atoms with Crippen LogP contribution in [0.2, 0.25) is 0 Å². The Balaban J connectivity index is 2.08. The summed E-state index contributed by atoms with van der Waals surface area (Å²) >= 11 is 0. The monoisotopic (exact) mass is 283 g/mol. The summed E-state index contributed by atoms with van der Waals surface area (Å²) in [6, 6.07) is 3.67. The number of hydrogen-bond donors (Lipinski definition) is 1. The van der Waals surface area contributed by atoms with Gasteiger partial charge in [0.1, 0.15) is 11.6 Å². The third kappa shape index (κ3) is 4.00. The molecule has 1 saturated heterocycles. The molecular weight excluding hydrogens is 260 g/mol. The van der Waals surface area contributed by atoms with E-state index in [1.807, 2.05) is 0 Å². The summed E-state index contributed by atoms with van der Waals surface area (Å²) in [6.07, 6.45) is 3.80. The lowest BCUT2D eigenvalue weighted by molar-refractivity contribution is 0.0319. The highest BCUT2D eigenvalue weighted by atomic mass is 19.1. The van der Waals surface area contributed by atoms with Crippen LogP contribution in [0.15, 0.2) is 18.2 Å². The summed E-state index contributed by atoms with van der Waals surface area (Å²) in [5, 5.41) is 3.41. The molecule has 3 atom stereocenters. The number of hydrogen-bond acceptors (Lipinski definition) is 2. The third-order valence-electron chi connectivity index (χ3n) is 3.82. The normalized spacial score (nSPS) is 24.0. The third-order valence-corrected chi connectivity index (χ3v) is 3.82. The SMILES string of the molecule is CCCNC(Cc1cc(F)ccc1F)C1CCC(C)O1. The highest BCUT2D eigenvalue weighted by Crippen LogP contribution is 2.24. The van der Waals surface area contributed by atoms with Crippen LogP contribution in [0.1, 0.15) is 38.7 Å². The van der Waals surface area contributed by atoms with Gasteiger partial charge in [0.15, 0.2) is 0 Å². The first-order chi connectivity index (χ1) is 9.60. The van der Waals surface area contributed by atoms with Crippen LogP contribution in [-0.2, 0) is 11.2 Å². The number of halogens is 2. The minimum Gasteiger partial charge on any atom is -0.374 e. The fourth-order valence-electron chi connectivity index (χ4n) is 2.73. The molecule has 0 radical (unpaired) electrons. The van der Waals surface area contributed by atoms with Gasteiger partial charge in [0, 0.05) is 6.04 Å². The molecule has 2 nitrogen and oxygen atoms in total. The quantitative estimate of drug-likeness (QED) is 0.863. The van der Waals surface area contributed by atoms with Crippen molar-refractivity contribution in [3.8, 4) is 0 Å². The highest BCUT2D eigenvalue weighted by molar-refractivity contribution is 5.20. The molecule has 0 bridgehead atoms. The van der Waals surface area contributed by atoms with Crippen LogP contribution in [-0.4, -0.2) is 24.8 Å². The van der Waals surface area contributed by atoms with Crippen molar-refractivity contribution < 1.29 is 13.5 Å². The van der Waals surface area contributed by atoms with Gasteiger partial charge in [-0.1, -0.05) is 6.92 Å². The van der Waals surface area contributed by atoms with E-state index in [0.29, 0.717) is 12.0 Å².